The Balaban J connectivity index is 0. The van der Waals surface area contributed by atoms with Gasteiger partial charge in [-0.3, -0.25) is 4.70 Å². The summed E-state index contributed by atoms with van der Waals surface area (Å²) in [6.07, 6.45) is 6.79. The minimum absolute atomic E-state index is 0. The van der Waals surface area contributed by atoms with E-state index in [1.54, 1.807) is 6.20 Å². The van der Waals surface area contributed by atoms with E-state index < -0.39 is 0 Å². The zero-order valence-electron chi connectivity index (χ0n) is 5.90. The third kappa shape index (κ3) is 3.69. The molecule has 57 valence electrons. The molecule has 0 fully saturated rings. The van der Waals surface area contributed by atoms with Crippen molar-refractivity contribution in [3.63, 3.8) is 0 Å². The smallest absolute Gasteiger partial charge is 0.0945 e. The van der Waals surface area contributed by atoms with Crippen LogP contribution in [0.5, 0.6) is 0 Å². The Morgan fingerprint density at radius 3 is 2.60 bits per heavy atom. The van der Waals surface area contributed by atoms with Gasteiger partial charge in [-0.2, -0.15) is 0 Å². The quantitative estimate of drug-likeness (QED) is 0.675. The standard InChI is InChI=1S/C6H10N2.FH.V/c1-2-4-8-5-3-7-6-8;;/h3,5-6H,2,4H2,1H3;1H;. The molecule has 0 aliphatic carbocycles. The molecule has 2 nitrogen and oxygen atoms in total. The maximum atomic E-state index is 3.90. The summed E-state index contributed by atoms with van der Waals surface area (Å²) in [4.78, 5) is 3.90. The topological polar surface area (TPSA) is 17.8 Å². The summed E-state index contributed by atoms with van der Waals surface area (Å²) in [5.74, 6) is 0. The van der Waals surface area contributed by atoms with E-state index in [4.69, 9.17) is 0 Å². The third-order valence-electron chi connectivity index (χ3n) is 1.04. The molecule has 0 atom stereocenters. The molecule has 1 aromatic heterocycles. The SMILES string of the molecule is CCCn1ccnc1.F.[V]. The maximum Gasteiger partial charge on any atom is 0.0945 e. The molecule has 0 aromatic carbocycles. The van der Waals surface area contributed by atoms with Crippen LogP contribution >= 0.6 is 0 Å². The van der Waals surface area contributed by atoms with Crippen molar-refractivity contribution in [2.75, 3.05) is 0 Å². The van der Waals surface area contributed by atoms with Gasteiger partial charge in [-0.15, -0.1) is 0 Å². The number of nitrogens with zero attached hydrogens (tertiary/aromatic N) is 2. The first-order valence-electron chi connectivity index (χ1n) is 2.89. The number of hydrogen-bond donors (Lipinski definition) is 0. The molecule has 1 aromatic rings. The summed E-state index contributed by atoms with van der Waals surface area (Å²) >= 11 is 0. The van der Waals surface area contributed by atoms with Gasteiger partial charge in [-0.05, 0) is 6.42 Å². The van der Waals surface area contributed by atoms with Crippen LogP contribution in [0.15, 0.2) is 18.7 Å². The van der Waals surface area contributed by atoms with Crippen molar-refractivity contribution >= 4 is 0 Å². The molecule has 4 heteroatoms. The monoisotopic (exact) mass is 181 g/mol. The van der Waals surface area contributed by atoms with Crippen LogP contribution in [-0.4, -0.2) is 9.55 Å². The summed E-state index contributed by atoms with van der Waals surface area (Å²) in [6.45, 7) is 3.24. The fourth-order valence-electron chi connectivity index (χ4n) is 0.677. The van der Waals surface area contributed by atoms with E-state index in [1.165, 1.54) is 6.42 Å². The van der Waals surface area contributed by atoms with Gasteiger partial charge in [0.25, 0.3) is 0 Å². The van der Waals surface area contributed by atoms with Crippen molar-refractivity contribution in [2.45, 2.75) is 19.9 Å². The maximum absolute atomic E-state index is 3.90. The van der Waals surface area contributed by atoms with E-state index in [-0.39, 0.29) is 23.3 Å². The van der Waals surface area contributed by atoms with Crippen LogP contribution in [0.4, 0.5) is 4.70 Å². The average molecular weight is 181 g/mol. The van der Waals surface area contributed by atoms with Crippen LogP contribution in [0.25, 0.3) is 0 Å². The zero-order chi connectivity index (χ0) is 5.82. The second-order valence-corrected chi connectivity index (χ2v) is 1.80. The second kappa shape index (κ2) is 6.84. The Morgan fingerprint density at radius 2 is 2.20 bits per heavy atom. The van der Waals surface area contributed by atoms with E-state index in [1.807, 2.05) is 12.5 Å². The summed E-state index contributed by atoms with van der Waals surface area (Å²) < 4.78 is 2.07. The molecule has 0 bridgehead atoms. The number of rotatable bonds is 2. The van der Waals surface area contributed by atoms with Crippen molar-refractivity contribution in [1.29, 1.82) is 0 Å². The van der Waals surface area contributed by atoms with Crippen molar-refractivity contribution < 1.29 is 23.3 Å². The van der Waals surface area contributed by atoms with Gasteiger partial charge in [-0.25, -0.2) is 4.98 Å². The van der Waals surface area contributed by atoms with E-state index in [2.05, 4.69) is 16.5 Å². The van der Waals surface area contributed by atoms with Gasteiger partial charge in [0.15, 0.2) is 0 Å². The summed E-state index contributed by atoms with van der Waals surface area (Å²) in [5, 5.41) is 0. The first-order chi connectivity index (χ1) is 3.93. The summed E-state index contributed by atoms with van der Waals surface area (Å²) in [6, 6.07) is 0. The third-order valence-corrected chi connectivity index (χ3v) is 1.04. The van der Waals surface area contributed by atoms with E-state index in [0.29, 0.717) is 0 Å². The molecular formula is C6H11FN2V. The van der Waals surface area contributed by atoms with Gasteiger partial charge < -0.3 is 4.57 Å². The average Bonchev–Trinajstić information content (AvgIpc) is 2.19. The number of halogens is 1. The van der Waals surface area contributed by atoms with Crippen molar-refractivity contribution in [1.82, 2.24) is 9.55 Å². The van der Waals surface area contributed by atoms with Crippen molar-refractivity contribution in [3.8, 4) is 0 Å². The molecule has 0 aliphatic rings. The van der Waals surface area contributed by atoms with Crippen molar-refractivity contribution in [3.05, 3.63) is 18.7 Å². The molecular weight excluding hydrogens is 170 g/mol. The summed E-state index contributed by atoms with van der Waals surface area (Å²) in [7, 11) is 0. The fraction of sp³-hybridized carbons (Fsp3) is 0.500. The van der Waals surface area contributed by atoms with Crippen LogP contribution < -0.4 is 0 Å². The number of aryl methyl sites for hydroxylation is 1. The van der Waals surface area contributed by atoms with Crippen LogP contribution in [0, 0.1) is 0 Å². The molecule has 1 heterocycles. The minimum Gasteiger partial charge on any atom is -0.338 e. The number of aromatic nitrogens is 2. The van der Waals surface area contributed by atoms with Crippen LogP contribution in [0.1, 0.15) is 13.3 Å². The van der Waals surface area contributed by atoms with Gasteiger partial charge in [0.1, 0.15) is 0 Å². The number of hydrogen-bond acceptors (Lipinski definition) is 1. The first kappa shape index (κ1) is 12.4. The Morgan fingerprint density at radius 1 is 1.50 bits per heavy atom. The molecule has 0 saturated heterocycles. The second-order valence-electron chi connectivity index (χ2n) is 1.80. The van der Waals surface area contributed by atoms with Crippen molar-refractivity contribution in [2.24, 2.45) is 0 Å². The van der Waals surface area contributed by atoms with Gasteiger partial charge in [-0.1, -0.05) is 6.92 Å². The molecule has 0 spiro atoms. The van der Waals surface area contributed by atoms with E-state index >= 15 is 0 Å². The van der Waals surface area contributed by atoms with Gasteiger partial charge >= 0.3 is 0 Å². The fourth-order valence-corrected chi connectivity index (χ4v) is 0.677. The Kier molecular flexibility index (Phi) is 8.48. The predicted octanol–water partition coefficient (Wildman–Crippen LogP) is 1.44. The predicted molar refractivity (Wildman–Crippen MR) is 35.0 cm³/mol. The molecule has 1 radical (unpaired) electrons. The molecule has 0 saturated carbocycles. The molecule has 0 amide bonds. The van der Waals surface area contributed by atoms with Crippen LogP contribution in [0.3, 0.4) is 0 Å². The van der Waals surface area contributed by atoms with Gasteiger partial charge in [0.2, 0.25) is 0 Å². The van der Waals surface area contributed by atoms with E-state index in [9.17, 15) is 0 Å². The molecule has 1 rings (SSSR count). The number of imidazole rings is 1. The summed E-state index contributed by atoms with van der Waals surface area (Å²) in [5.41, 5.74) is 0. The molecule has 0 N–H and O–H groups in total. The zero-order valence-corrected chi connectivity index (χ0v) is 7.29. The Labute approximate surface area is 71.9 Å². The van der Waals surface area contributed by atoms with E-state index in [0.717, 1.165) is 6.54 Å². The Hall–Kier alpha value is -0.276. The largest absolute Gasteiger partial charge is 0.338 e. The normalized spacial score (nSPS) is 7.70. The van der Waals surface area contributed by atoms with Crippen LogP contribution in [-0.2, 0) is 25.1 Å². The minimum atomic E-state index is 0. The first-order valence-corrected chi connectivity index (χ1v) is 2.89. The Bertz CT molecular complexity index is 141. The molecule has 10 heavy (non-hydrogen) atoms. The van der Waals surface area contributed by atoms with Crippen LogP contribution in [0.2, 0.25) is 0 Å². The van der Waals surface area contributed by atoms with Gasteiger partial charge in [0.05, 0.1) is 6.33 Å². The van der Waals surface area contributed by atoms with Gasteiger partial charge in [0, 0.05) is 37.5 Å². The molecule has 0 unspecified atom stereocenters. The molecule has 0 aliphatic heterocycles.